The molecular weight excluding hydrogens is 558 g/mol. The molecule has 1 heterocycles. The molecule has 0 radical (unpaired) electrons. The van der Waals surface area contributed by atoms with Crippen molar-refractivity contribution in [3.05, 3.63) is 118 Å². The molecule has 4 aromatic carbocycles. The van der Waals surface area contributed by atoms with E-state index in [9.17, 15) is 24.9 Å². The highest BCUT2D eigenvalue weighted by molar-refractivity contribution is 6.52. The Balaban J connectivity index is 1.61. The van der Waals surface area contributed by atoms with Gasteiger partial charge < -0.3 is 24.8 Å². The molecule has 0 aromatic heterocycles. The molecule has 1 saturated heterocycles. The molecule has 1 atom stereocenters. The van der Waals surface area contributed by atoms with Gasteiger partial charge in [0.1, 0.15) is 23.9 Å². The molecule has 42 heavy (non-hydrogen) atoms. The highest BCUT2D eigenvalue weighted by atomic mass is 35.5. The molecule has 0 aliphatic carbocycles. The monoisotopic (exact) mass is 585 g/mol. The molecule has 4 aromatic rings. The number of nitrogens with zero attached hydrogens (tertiary/aromatic N) is 1. The zero-order valence-corrected chi connectivity index (χ0v) is 23.6. The summed E-state index contributed by atoms with van der Waals surface area (Å²) in [5.41, 5.74) is 2.13. The van der Waals surface area contributed by atoms with Gasteiger partial charge >= 0.3 is 0 Å². The number of ether oxygens (including phenoxy) is 2. The Morgan fingerprint density at radius 2 is 1.62 bits per heavy atom. The number of carbonyl (C=O) groups is 2. The van der Waals surface area contributed by atoms with E-state index in [4.69, 9.17) is 21.1 Å². The van der Waals surface area contributed by atoms with Crippen LogP contribution in [0.3, 0.4) is 0 Å². The third-order valence-corrected chi connectivity index (χ3v) is 7.16. The van der Waals surface area contributed by atoms with Crippen LogP contribution in [0.1, 0.15) is 35.2 Å². The van der Waals surface area contributed by atoms with Crippen molar-refractivity contribution in [2.75, 3.05) is 11.5 Å². The number of aromatic hydroxyl groups is 2. The second-order valence-electron chi connectivity index (χ2n) is 9.72. The maximum Gasteiger partial charge on any atom is 0.300 e. The maximum atomic E-state index is 13.5. The number of aliphatic hydroxyl groups is 1. The largest absolute Gasteiger partial charge is 0.507 e. The van der Waals surface area contributed by atoms with Crippen LogP contribution in [0.5, 0.6) is 23.0 Å². The normalized spacial score (nSPS) is 16.1. The van der Waals surface area contributed by atoms with E-state index in [0.717, 1.165) is 10.5 Å². The first-order valence-corrected chi connectivity index (χ1v) is 13.6. The van der Waals surface area contributed by atoms with Crippen LogP contribution >= 0.6 is 11.6 Å². The Bertz CT molecular complexity index is 1700. The molecule has 5 rings (SSSR count). The number of aliphatic hydroxyl groups excluding tert-OH is 1. The molecule has 0 bridgehead atoms. The highest BCUT2D eigenvalue weighted by Crippen LogP contribution is 2.46. The average Bonchev–Trinajstić information content (AvgIpc) is 3.24. The van der Waals surface area contributed by atoms with E-state index in [-0.39, 0.29) is 40.1 Å². The Morgan fingerprint density at radius 3 is 2.33 bits per heavy atom. The maximum absolute atomic E-state index is 13.5. The van der Waals surface area contributed by atoms with Crippen molar-refractivity contribution in [3.8, 4) is 23.0 Å². The number of halogens is 1. The Morgan fingerprint density at radius 1 is 0.881 bits per heavy atom. The van der Waals surface area contributed by atoms with Crippen molar-refractivity contribution < 1.29 is 34.4 Å². The first-order valence-electron chi connectivity index (χ1n) is 13.2. The predicted molar refractivity (Wildman–Crippen MR) is 159 cm³/mol. The average molecular weight is 586 g/mol. The fourth-order valence-corrected chi connectivity index (χ4v) is 5.07. The van der Waals surface area contributed by atoms with E-state index in [1.165, 1.54) is 36.4 Å². The molecule has 9 heteroatoms. The van der Waals surface area contributed by atoms with E-state index in [0.29, 0.717) is 29.0 Å². The quantitative estimate of drug-likeness (QED) is 0.120. The minimum atomic E-state index is -1.18. The molecule has 1 fully saturated rings. The minimum Gasteiger partial charge on any atom is -0.507 e. The smallest absolute Gasteiger partial charge is 0.300 e. The lowest BCUT2D eigenvalue weighted by atomic mass is 9.94. The van der Waals surface area contributed by atoms with Gasteiger partial charge in [-0.1, -0.05) is 48.0 Å². The first kappa shape index (κ1) is 28.6. The highest BCUT2D eigenvalue weighted by Gasteiger charge is 2.48. The lowest BCUT2D eigenvalue weighted by Gasteiger charge is -2.26. The van der Waals surface area contributed by atoms with E-state index >= 15 is 0 Å². The predicted octanol–water partition coefficient (Wildman–Crippen LogP) is 6.66. The molecule has 1 amide bonds. The number of amides is 1. The number of phenols is 2. The Labute approximate surface area is 247 Å². The van der Waals surface area contributed by atoms with Gasteiger partial charge in [0, 0.05) is 10.6 Å². The summed E-state index contributed by atoms with van der Waals surface area (Å²) >= 11 is 6.19. The summed E-state index contributed by atoms with van der Waals surface area (Å²) in [4.78, 5) is 28.1. The third-order valence-electron chi connectivity index (χ3n) is 6.93. The number of rotatable bonds is 8. The van der Waals surface area contributed by atoms with Crippen molar-refractivity contribution in [2.45, 2.75) is 26.5 Å². The van der Waals surface area contributed by atoms with Crippen LogP contribution in [0.2, 0.25) is 5.02 Å². The Kier molecular flexibility index (Phi) is 8.08. The molecule has 8 nitrogen and oxygen atoms in total. The van der Waals surface area contributed by atoms with Crippen molar-refractivity contribution in [2.24, 2.45) is 0 Å². The fourth-order valence-electron chi connectivity index (χ4n) is 4.91. The van der Waals surface area contributed by atoms with Gasteiger partial charge in [-0.3, -0.25) is 14.5 Å². The van der Waals surface area contributed by atoms with Gasteiger partial charge in [0.25, 0.3) is 11.7 Å². The summed E-state index contributed by atoms with van der Waals surface area (Å²) in [5, 5.41) is 32.7. The van der Waals surface area contributed by atoms with Gasteiger partial charge in [-0.05, 0) is 79.1 Å². The number of ketones is 1. The second-order valence-corrected chi connectivity index (χ2v) is 10.2. The summed E-state index contributed by atoms with van der Waals surface area (Å²) in [6, 6.07) is 22.0. The van der Waals surface area contributed by atoms with Crippen molar-refractivity contribution in [1.82, 2.24) is 0 Å². The third kappa shape index (κ3) is 5.49. The molecule has 1 aliphatic rings. The second kappa shape index (κ2) is 11.9. The molecule has 1 unspecified atom stereocenters. The standard InChI is InChI=1S/C33H28ClNO7/c1-3-41-28-16-21(9-12-26(28)37)30-29(32(39)33(40)35(30)24-17-23(34)11-13-25(24)36)31(38)22-10-14-27(19(2)15-22)42-18-20-7-5-4-6-8-20/h4-17,30,36-38H,3,18H2,1-2H3/b31-29+. The summed E-state index contributed by atoms with van der Waals surface area (Å²) < 4.78 is 11.5. The van der Waals surface area contributed by atoms with Crippen LogP contribution in [0.25, 0.3) is 5.76 Å². The lowest BCUT2D eigenvalue weighted by molar-refractivity contribution is -0.132. The summed E-state index contributed by atoms with van der Waals surface area (Å²) in [7, 11) is 0. The summed E-state index contributed by atoms with van der Waals surface area (Å²) in [6.45, 7) is 4.16. The van der Waals surface area contributed by atoms with Gasteiger partial charge in [0.05, 0.1) is 23.9 Å². The number of aryl methyl sites for hydroxylation is 1. The van der Waals surface area contributed by atoms with Crippen LogP contribution in [0, 0.1) is 6.92 Å². The van der Waals surface area contributed by atoms with E-state index in [1.807, 2.05) is 37.3 Å². The minimum absolute atomic E-state index is 0.0134. The Hall–Kier alpha value is -4.95. The summed E-state index contributed by atoms with van der Waals surface area (Å²) in [5.74, 6) is -2.03. The van der Waals surface area contributed by atoms with Gasteiger partial charge in [0.2, 0.25) is 0 Å². The van der Waals surface area contributed by atoms with Crippen molar-refractivity contribution in [1.29, 1.82) is 0 Å². The van der Waals surface area contributed by atoms with Crippen LogP contribution in [0.4, 0.5) is 5.69 Å². The lowest BCUT2D eigenvalue weighted by Crippen LogP contribution is -2.29. The van der Waals surface area contributed by atoms with Crippen LogP contribution < -0.4 is 14.4 Å². The topological polar surface area (TPSA) is 117 Å². The van der Waals surface area contributed by atoms with Crippen molar-refractivity contribution >= 4 is 34.7 Å². The van der Waals surface area contributed by atoms with Gasteiger partial charge in [-0.15, -0.1) is 0 Å². The SMILES string of the molecule is CCOc1cc(C2/C(=C(\O)c3ccc(OCc4ccccc4)c(C)c3)C(=O)C(=O)N2c2cc(Cl)ccc2O)ccc1O. The van der Waals surface area contributed by atoms with E-state index in [2.05, 4.69) is 0 Å². The van der Waals surface area contributed by atoms with Crippen molar-refractivity contribution in [3.63, 3.8) is 0 Å². The van der Waals surface area contributed by atoms with Crippen LogP contribution in [-0.4, -0.2) is 33.6 Å². The number of hydrogen-bond acceptors (Lipinski definition) is 7. The van der Waals surface area contributed by atoms with Crippen LogP contribution in [-0.2, 0) is 16.2 Å². The first-order chi connectivity index (χ1) is 20.2. The number of benzene rings is 4. The number of anilines is 1. The number of phenolic OH excluding ortho intramolecular Hbond substituents is 2. The summed E-state index contributed by atoms with van der Waals surface area (Å²) in [6.07, 6.45) is 0. The van der Waals surface area contributed by atoms with Gasteiger partial charge in [0.15, 0.2) is 11.5 Å². The molecule has 0 saturated carbocycles. The number of carbonyl (C=O) groups excluding carboxylic acids is 2. The number of hydrogen-bond donors (Lipinski definition) is 3. The van der Waals surface area contributed by atoms with Gasteiger partial charge in [-0.25, -0.2) is 0 Å². The van der Waals surface area contributed by atoms with E-state index < -0.39 is 23.5 Å². The zero-order valence-electron chi connectivity index (χ0n) is 22.9. The number of Topliss-reactive ketones (excluding diaryl/α,β-unsaturated/α-hetero) is 1. The molecule has 3 N–H and O–H groups in total. The molecule has 0 spiro atoms. The molecular formula is C33H28ClNO7. The van der Waals surface area contributed by atoms with Crippen LogP contribution in [0.15, 0.2) is 90.5 Å². The van der Waals surface area contributed by atoms with Gasteiger partial charge in [-0.2, -0.15) is 0 Å². The fraction of sp³-hybridized carbons (Fsp3) is 0.152. The van der Waals surface area contributed by atoms with E-state index in [1.54, 1.807) is 25.1 Å². The molecule has 214 valence electrons. The zero-order chi connectivity index (χ0) is 30.0. The molecule has 1 aliphatic heterocycles.